The van der Waals surface area contributed by atoms with Crippen LogP contribution in [0, 0.1) is 0 Å². The zero-order valence-electron chi connectivity index (χ0n) is 10.9. The third kappa shape index (κ3) is 5.65. The van der Waals surface area contributed by atoms with E-state index >= 15 is 0 Å². The largest absolute Gasteiger partial charge is 0.480 e. The van der Waals surface area contributed by atoms with Crippen molar-refractivity contribution in [3.8, 4) is 0 Å². The minimum atomic E-state index is -1.14. The molecule has 0 saturated heterocycles. The summed E-state index contributed by atoms with van der Waals surface area (Å²) >= 11 is 1.44. The maximum absolute atomic E-state index is 11.6. The maximum atomic E-state index is 11.6. The Hall–Kier alpha value is -2.16. The van der Waals surface area contributed by atoms with E-state index in [9.17, 15) is 14.4 Å². The zero-order chi connectivity index (χ0) is 15.0. The van der Waals surface area contributed by atoms with Crippen LogP contribution in [-0.2, 0) is 9.59 Å². The van der Waals surface area contributed by atoms with Crippen molar-refractivity contribution in [1.29, 1.82) is 0 Å². The van der Waals surface area contributed by atoms with E-state index in [4.69, 9.17) is 5.11 Å². The van der Waals surface area contributed by atoms with Gasteiger partial charge in [0, 0.05) is 11.6 Å². The van der Waals surface area contributed by atoms with Gasteiger partial charge in [-0.2, -0.15) is 0 Å². The van der Waals surface area contributed by atoms with Crippen LogP contribution in [0.25, 0.3) is 0 Å². The first-order valence-electron chi connectivity index (χ1n) is 5.95. The molecule has 0 spiro atoms. The first-order chi connectivity index (χ1) is 9.52. The molecule has 0 aliphatic heterocycles. The highest BCUT2D eigenvalue weighted by Gasteiger charge is 2.15. The Morgan fingerprint density at radius 1 is 1.35 bits per heavy atom. The molecule has 3 amide bonds. The SMILES string of the molecule is CCC(NC(=O)NCC(=O)NCC(=O)O)c1nccs1. The van der Waals surface area contributed by atoms with E-state index in [2.05, 4.69) is 20.9 Å². The Labute approximate surface area is 119 Å². The number of hydrogen-bond donors (Lipinski definition) is 4. The smallest absolute Gasteiger partial charge is 0.322 e. The lowest BCUT2D eigenvalue weighted by Crippen LogP contribution is -2.44. The molecule has 0 aliphatic carbocycles. The molecule has 1 atom stereocenters. The average Bonchev–Trinajstić information content (AvgIpc) is 2.94. The highest BCUT2D eigenvalue weighted by atomic mass is 32.1. The van der Waals surface area contributed by atoms with E-state index in [1.807, 2.05) is 12.3 Å². The molecule has 1 unspecified atom stereocenters. The van der Waals surface area contributed by atoms with Crippen LogP contribution in [-0.4, -0.2) is 41.1 Å². The number of hydrogen-bond acceptors (Lipinski definition) is 5. The lowest BCUT2D eigenvalue weighted by Gasteiger charge is -2.14. The molecule has 0 aliphatic rings. The van der Waals surface area contributed by atoms with Crippen LogP contribution in [0.5, 0.6) is 0 Å². The summed E-state index contributed by atoms with van der Waals surface area (Å²) in [6.45, 7) is 1.15. The monoisotopic (exact) mass is 300 g/mol. The Morgan fingerprint density at radius 2 is 2.10 bits per heavy atom. The topological polar surface area (TPSA) is 120 Å². The van der Waals surface area contributed by atoms with E-state index in [-0.39, 0.29) is 12.6 Å². The standard InChI is InChI=1S/C11H16N4O4S/c1-2-7(10-12-3-4-20-10)15-11(19)14-5-8(16)13-6-9(17)18/h3-4,7H,2,5-6H2,1H3,(H,13,16)(H,17,18)(H2,14,15,19). The highest BCUT2D eigenvalue weighted by Crippen LogP contribution is 2.18. The molecular formula is C11H16N4O4S. The van der Waals surface area contributed by atoms with Crippen molar-refractivity contribution in [2.24, 2.45) is 0 Å². The van der Waals surface area contributed by atoms with E-state index in [1.165, 1.54) is 11.3 Å². The number of urea groups is 1. The Bertz CT molecular complexity index is 463. The van der Waals surface area contributed by atoms with Crippen LogP contribution in [0.15, 0.2) is 11.6 Å². The predicted octanol–water partition coefficient (Wildman–Crippen LogP) is 0.0942. The van der Waals surface area contributed by atoms with E-state index in [1.54, 1.807) is 6.20 Å². The van der Waals surface area contributed by atoms with Gasteiger partial charge in [0.25, 0.3) is 0 Å². The van der Waals surface area contributed by atoms with Gasteiger partial charge in [-0.15, -0.1) is 11.3 Å². The number of carboxylic acid groups (broad SMARTS) is 1. The molecule has 0 aromatic carbocycles. The van der Waals surface area contributed by atoms with Crippen molar-refractivity contribution in [1.82, 2.24) is 20.9 Å². The number of carbonyl (C=O) groups is 3. The van der Waals surface area contributed by atoms with Gasteiger partial charge in [0.2, 0.25) is 5.91 Å². The lowest BCUT2D eigenvalue weighted by molar-refractivity contribution is -0.137. The van der Waals surface area contributed by atoms with Gasteiger partial charge < -0.3 is 21.1 Å². The summed E-state index contributed by atoms with van der Waals surface area (Å²) in [7, 11) is 0. The number of nitrogens with one attached hydrogen (secondary N) is 3. The van der Waals surface area contributed by atoms with Gasteiger partial charge in [0.05, 0.1) is 12.6 Å². The van der Waals surface area contributed by atoms with Gasteiger partial charge >= 0.3 is 12.0 Å². The van der Waals surface area contributed by atoms with E-state index in [0.29, 0.717) is 6.42 Å². The van der Waals surface area contributed by atoms with Crippen LogP contribution in [0.1, 0.15) is 24.4 Å². The molecule has 1 heterocycles. The molecule has 1 rings (SSSR count). The number of thiazole rings is 1. The Morgan fingerprint density at radius 3 is 2.65 bits per heavy atom. The molecule has 0 saturated carbocycles. The second-order valence-electron chi connectivity index (χ2n) is 3.83. The predicted molar refractivity (Wildman–Crippen MR) is 72.3 cm³/mol. The van der Waals surface area contributed by atoms with Gasteiger partial charge in [0.1, 0.15) is 11.6 Å². The minimum absolute atomic E-state index is 0.211. The fourth-order valence-electron chi connectivity index (χ4n) is 1.35. The fraction of sp³-hybridized carbons (Fsp3) is 0.455. The third-order valence-corrected chi connectivity index (χ3v) is 3.20. The molecule has 1 aromatic rings. The normalized spacial score (nSPS) is 11.4. The third-order valence-electron chi connectivity index (χ3n) is 2.31. The number of amides is 3. The second kappa shape index (κ2) is 8.10. The molecule has 0 bridgehead atoms. The number of nitrogens with zero attached hydrogens (tertiary/aromatic N) is 1. The molecule has 4 N–H and O–H groups in total. The summed E-state index contributed by atoms with van der Waals surface area (Å²) in [5.41, 5.74) is 0. The van der Waals surface area contributed by atoms with Crippen molar-refractivity contribution in [3.05, 3.63) is 16.6 Å². The first-order valence-corrected chi connectivity index (χ1v) is 6.83. The molecule has 20 heavy (non-hydrogen) atoms. The summed E-state index contributed by atoms with van der Waals surface area (Å²) in [6, 6.07) is -0.713. The zero-order valence-corrected chi connectivity index (χ0v) is 11.7. The van der Waals surface area contributed by atoms with Gasteiger partial charge in [-0.3, -0.25) is 9.59 Å². The number of rotatable bonds is 7. The number of carboxylic acids is 1. The Kier molecular flexibility index (Phi) is 6.44. The Balaban J connectivity index is 2.32. The maximum Gasteiger partial charge on any atom is 0.322 e. The van der Waals surface area contributed by atoms with Gasteiger partial charge in [0.15, 0.2) is 0 Å². The van der Waals surface area contributed by atoms with Crippen LogP contribution in [0.2, 0.25) is 0 Å². The summed E-state index contributed by atoms with van der Waals surface area (Å²) in [4.78, 5) is 37.2. The van der Waals surface area contributed by atoms with Crippen LogP contribution in [0.3, 0.4) is 0 Å². The van der Waals surface area contributed by atoms with E-state index < -0.39 is 24.5 Å². The molecule has 0 radical (unpaired) electrons. The molecular weight excluding hydrogens is 284 g/mol. The summed E-state index contributed by atoms with van der Waals surface area (Å²) in [6.07, 6.45) is 2.33. The fourth-order valence-corrected chi connectivity index (χ4v) is 2.12. The average molecular weight is 300 g/mol. The molecule has 1 aromatic heterocycles. The van der Waals surface area contributed by atoms with Gasteiger partial charge in [-0.05, 0) is 6.42 Å². The summed E-state index contributed by atoms with van der Waals surface area (Å²) < 4.78 is 0. The van der Waals surface area contributed by atoms with Crippen molar-refractivity contribution < 1.29 is 19.5 Å². The van der Waals surface area contributed by atoms with Gasteiger partial charge in [-0.25, -0.2) is 9.78 Å². The van der Waals surface area contributed by atoms with Crippen molar-refractivity contribution in [2.75, 3.05) is 13.1 Å². The molecule has 8 nitrogen and oxygen atoms in total. The molecule has 0 fully saturated rings. The molecule has 9 heteroatoms. The second-order valence-corrected chi connectivity index (χ2v) is 4.75. The van der Waals surface area contributed by atoms with Crippen LogP contribution in [0.4, 0.5) is 4.79 Å². The van der Waals surface area contributed by atoms with Crippen molar-refractivity contribution in [3.63, 3.8) is 0 Å². The quantitative estimate of drug-likeness (QED) is 0.569. The summed E-state index contributed by atoms with van der Waals surface area (Å²) in [5.74, 6) is -1.71. The number of aliphatic carboxylic acids is 1. The van der Waals surface area contributed by atoms with E-state index in [0.717, 1.165) is 5.01 Å². The highest BCUT2D eigenvalue weighted by molar-refractivity contribution is 7.09. The molecule has 110 valence electrons. The minimum Gasteiger partial charge on any atom is -0.480 e. The van der Waals surface area contributed by atoms with Crippen LogP contribution >= 0.6 is 11.3 Å². The van der Waals surface area contributed by atoms with Crippen molar-refractivity contribution in [2.45, 2.75) is 19.4 Å². The lowest BCUT2D eigenvalue weighted by atomic mass is 10.2. The van der Waals surface area contributed by atoms with Crippen LogP contribution < -0.4 is 16.0 Å². The number of aromatic nitrogens is 1. The van der Waals surface area contributed by atoms with Crippen molar-refractivity contribution >= 4 is 29.2 Å². The van der Waals surface area contributed by atoms with Gasteiger partial charge in [-0.1, -0.05) is 6.92 Å². The number of carbonyl (C=O) groups excluding carboxylic acids is 2. The first kappa shape index (κ1) is 15.9. The summed E-state index contributed by atoms with van der Waals surface area (Å²) in [5, 5.41) is 18.2.